The van der Waals surface area contributed by atoms with E-state index in [1.54, 1.807) is 13.8 Å². The third-order valence-electron chi connectivity index (χ3n) is 5.49. The first-order valence-corrected chi connectivity index (χ1v) is 14.1. The molecule has 2 aromatic carbocycles. The number of methoxy groups -OCH3 is 2. The van der Waals surface area contributed by atoms with Crippen LogP contribution in [0.2, 0.25) is 0 Å². The molecule has 1 heterocycles. The van der Waals surface area contributed by atoms with Gasteiger partial charge in [0.2, 0.25) is 20.0 Å². The Kier molecular flexibility index (Phi) is 8.42. The van der Waals surface area contributed by atoms with E-state index in [9.17, 15) is 21.6 Å². The Balaban J connectivity index is 1.97. The maximum absolute atomic E-state index is 13.2. The summed E-state index contributed by atoms with van der Waals surface area (Å²) in [5.74, 6) is -0.274. The molecule has 10 nitrogen and oxygen atoms in total. The summed E-state index contributed by atoms with van der Waals surface area (Å²) < 4.78 is 65.9. The van der Waals surface area contributed by atoms with E-state index < -0.39 is 26.0 Å². The number of nitrogens with zero attached hydrogens (tertiary/aromatic N) is 1. The number of carbonyl (C=O) groups is 1. The summed E-state index contributed by atoms with van der Waals surface area (Å²) in [5, 5.41) is 2.63. The van der Waals surface area contributed by atoms with Crippen molar-refractivity contribution in [3.8, 4) is 11.5 Å². The highest BCUT2D eigenvalue weighted by Crippen LogP contribution is 2.31. The molecular weight excluding hydrogens is 494 g/mol. The fraction of sp³-hybridized carbons (Fsp3) is 0.435. The van der Waals surface area contributed by atoms with Crippen molar-refractivity contribution in [1.82, 2.24) is 9.03 Å². The summed E-state index contributed by atoms with van der Waals surface area (Å²) in [6, 6.07) is 7.86. The highest BCUT2D eigenvalue weighted by molar-refractivity contribution is 7.89. The molecule has 35 heavy (non-hydrogen) atoms. The quantitative estimate of drug-likeness (QED) is 0.515. The summed E-state index contributed by atoms with van der Waals surface area (Å²) in [6.07, 6.45) is 2.55. The fourth-order valence-electron chi connectivity index (χ4n) is 3.80. The average Bonchev–Trinajstić information content (AvgIpc) is 2.83. The van der Waals surface area contributed by atoms with E-state index in [1.165, 1.54) is 54.9 Å². The molecule has 0 spiro atoms. The lowest BCUT2D eigenvalue weighted by atomic mass is 10.1. The van der Waals surface area contributed by atoms with E-state index in [4.69, 9.17) is 9.47 Å². The van der Waals surface area contributed by atoms with E-state index in [0.29, 0.717) is 13.1 Å². The number of nitrogens with one attached hydrogen (secondary N) is 2. The third-order valence-corrected chi connectivity index (χ3v) is 9.04. The summed E-state index contributed by atoms with van der Waals surface area (Å²) in [6.45, 7) is 4.25. The van der Waals surface area contributed by atoms with Crippen molar-refractivity contribution >= 4 is 31.6 Å². The summed E-state index contributed by atoms with van der Waals surface area (Å²) in [7, 11) is -4.85. The molecule has 1 fully saturated rings. The molecule has 0 bridgehead atoms. The number of piperidine rings is 1. The minimum atomic E-state index is -3.83. The molecule has 2 aromatic rings. The zero-order chi connectivity index (χ0) is 25.8. The van der Waals surface area contributed by atoms with Gasteiger partial charge in [-0.3, -0.25) is 4.79 Å². The SMILES string of the molecule is COc1ccc(S(=O)(=O)NC(C)C)cc1NC(=O)c1cc(S(=O)(=O)N2CCCCC2)ccc1OC. The van der Waals surface area contributed by atoms with Crippen molar-refractivity contribution < 1.29 is 31.1 Å². The molecule has 0 aliphatic carbocycles. The summed E-state index contributed by atoms with van der Waals surface area (Å²) in [5.41, 5.74) is 0.0941. The summed E-state index contributed by atoms with van der Waals surface area (Å²) >= 11 is 0. The smallest absolute Gasteiger partial charge is 0.259 e. The van der Waals surface area contributed by atoms with Crippen molar-refractivity contribution in [1.29, 1.82) is 0 Å². The molecule has 192 valence electrons. The van der Waals surface area contributed by atoms with Crippen LogP contribution in [0.4, 0.5) is 5.69 Å². The first-order valence-electron chi connectivity index (χ1n) is 11.2. The zero-order valence-electron chi connectivity index (χ0n) is 20.2. The number of carbonyl (C=O) groups excluding carboxylic acids is 1. The fourth-order valence-corrected chi connectivity index (χ4v) is 6.62. The van der Waals surface area contributed by atoms with Gasteiger partial charge in [-0.2, -0.15) is 4.31 Å². The second kappa shape index (κ2) is 10.9. The van der Waals surface area contributed by atoms with Crippen molar-refractivity contribution in [2.75, 3.05) is 32.6 Å². The van der Waals surface area contributed by atoms with Crippen LogP contribution in [0.1, 0.15) is 43.5 Å². The van der Waals surface area contributed by atoms with E-state index in [2.05, 4.69) is 10.0 Å². The van der Waals surface area contributed by atoms with Gasteiger partial charge in [-0.1, -0.05) is 6.42 Å². The third kappa shape index (κ3) is 6.13. The van der Waals surface area contributed by atoms with Gasteiger partial charge in [0.05, 0.1) is 35.3 Å². The maximum Gasteiger partial charge on any atom is 0.259 e. The van der Waals surface area contributed by atoms with Gasteiger partial charge in [0, 0.05) is 19.1 Å². The predicted molar refractivity (Wildman–Crippen MR) is 132 cm³/mol. The maximum atomic E-state index is 13.2. The number of hydrogen-bond acceptors (Lipinski definition) is 7. The Morgan fingerprint density at radius 3 is 2.09 bits per heavy atom. The van der Waals surface area contributed by atoms with Gasteiger partial charge in [0.15, 0.2) is 0 Å². The van der Waals surface area contributed by atoms with Crippen molar-refractivity contribution in [2.24, 2.45) is 0 Å². The molecule has 0 atom stereocenters. The Labute approximate surface area is 206 Å². The standard InChI is InChI=1S/C23H31N3O7S2/c1-16(2)25-34(28,29)17-8-11-22(33-4)20(15-17)24-23(27)19-14-18(9-10-21(19)32-3)35(30,31)26-12-6-5-7-13-26/h8-11,14-16,25H,5-7,12-13H2,1-4H3,(H,24,27). The number of sulfonamides is 2. The molecule has 1 saturated heterocycles. The molecule has 12 heteroatoms. The molecule has 1 aliphatic rings. The lowest BCUT2D eigenvalue weighted by Gasteiger charge is -2.26. The Bertz CT molecular complexity index is 1290. The average molecular weight is 526 g/mol. The number of amides is 1. The molecule has 2 N–H and O–H groups in total. The molecule has 1 aliphatic heterocycles. The van der Waals surface area contributed by atoms with Gasteiger partial charge in [0.1, 0.15) is 11.5 Å². The molecule has 0 unspecified atom stereocenters. The molecular formula is C23H31N3O7S2. The van der Waals surface area contributed by atoms with E-state index in [-0.39, 0.29) is 38.6 Å². The number of hydrogen-bond donors (Lipinski definition) is 2. The van der Waals surface area contributed by atoms with Crippen molar-refractivity contribution in [3.05, 3.63) is 42.0 Å². The molecule has 3 rings (SSSR count). The van der Waals surface area contributed by atoms with Gasteiger partial charge in [-0.15, -0.1) is 0 Å². The van der Waals surface area contributed by atoms with Crippen LogP contribution in [0, 0.1) is 0 Å². The van der Waals surface area contributed by atoms with Crippen molar-refractivity contribution in [3.63, 3.8) is 0 Å². The van der Waals surface area contributed by atoms with E-state index in [1.807, 2.05) is 0 Å². The largest absolute Gasteiger partial charge is 0.496 e. The molecule has 0 saturated carbocycles. The van der Waals surface area contributed by atoms with Gasteiger partial charge >= 0.3 is 0 Å². The number of ether oxygens (including phenoxy) is 2. The first kappa shape index (κ1) is 26.9. The Hall–Kier alpha value is -2.67. The number of anilines is 1. The normalized spacial score (nSPS) is 15.1. The van der Waals surface area contributed by atoms with Gasteiger partial charge < -0.3 is 14.8 Å². The summed E-state index contributed by atoms with van der Waals surface area (Å²) in [4.78, 5) is 13.2. The van der Waals surface area contributed by atoms with Gasteiger partial charge in [0.25, 0.3) is 5.91 Å². The van der Waals surface area contributed by atoms with Crippen LogP contribution < -0.4 is 19.5 Å². The number of rotatable bonds is 9. The van der Waals surface area contributed by atoms with Crippen LogP contribution in [0.5, 0.6) is 11.5 Å². The molecule has 0 aromatic heterocycles. The van der Waals surface area contributed by atoms with Crippen LogP contribution >= 0.6 is 0 Å². The lowest BCUT2D eigenvalue weighted by Crippen LogP contribution is -2.35. The topological polar surface area (TPSA) is 131 Å². The van der Waals surface area contributed by atoms with Crippen molar-refractivity contribution in [2.45, 2.75) is 48.9 Å². The highest BCUT2D eigenvalue weighted by Gasteiger charge is 2.28. The van der Waals surface area contributed by atoms with Crippen LogP contribution in [0.25, 0.3) is 0 Å². The second-order valence-corrected chi connectivity index (χ2v) is 12.1. The first-order chi connectivity index (χ1) is 16.5. The minimum Gasteiger partial charge on any atom is -0.496 e. The van der Waals surface area contributed by atoms with Gasteiger partial charge in [-0.25, -0.2) is 21.6 Å². The Morgan fingerprint density at radius 2 is 1.49 bits per heavy atom. The van der Waals surface area contributed by atoms with Crippen LogP contribution in [-0.4, -0.2) is 60.4 Å². The molecule has 0 radical (unpaired) electrons. The van der Waals surface area contributed by atoms with Crippen LogP contribution in [0.15, 0.2) is 46.2 Å². The van der Waals surface area contributed by atoms with E-state index >= 15 is 0 Å². The van der Waals surface area contributed by atoms with Gasteiger partial charge in [-0.05, 0) is 63.1 Å². The monoisotopic (exact) mass is 525 g/mol. The predicted octanol–water partition coefficient (Wildman–Crippen LogP) is 2.82. The minimum absolute atomic E-state index is 0.0128. The second-order valence-electron chi connectivity index (χ2n) is 8.42. The van der Waals surface area contributed by atoms with Crippen LogP contribution in [-0.2, 0) is 20.0 Å². The zero-order valence-corrected chi connectivity index (χ0v) is 21.8. The number of benzene rings is 2. The van der Waals surface area contributed by atoms with E-state index in [0.717, 1.165) is 19.3 Å². The lowest BCUT2D eigenvalue weighted by molar-refractivity contribution is 0.102. The molecule has 1 amide bonds. The highest BCUT2D eigenvalue weighted by atomic mass is 32.2. The Morgan fingerprint density at radius 1 is 0.886 bits per heavy atom. The van der Waals surface area contributed by atoms with Crippen LogP contribution in [0.3, 0.4) is 0 Å².